The maximum Gasteiger partial charge on any atom is 0.256 e. The highest BCUT2D eigenvalue weighted by Gasteiger charge is 2.44. The van der Waals surface area contributed by atoms with Crippen LogP contribution in [0.1, 0.15) is 79.7 Å². The summed E-state index contributed by atoms with van der Waals surface area (Å²) in [7, 11) is -4.11. The zero-order valence-corrected chi connectivity index (χ0v) is 30.9. The lowest BCUT2D eigenvalue weighted by molar-refractivity contribution is 0.0602. The van der Waals surface area contributed by atoms with Crippen LogP contribution in [0.5, 0.6) is 0 Å². The molecule has 1 aromatic heterocycles. The maximum absolute atomic E-state index is 15.2. The number of nitrogens with zero attached hydrogens (tertiary/aromatic N) is 4. The molecule has 3 aromatic carbocycles. The lowest BCUT2D eigenvalue weighted by Crippen LogP contribution is -2.49. The first kappa shape index (κ1) is 36.5. The van der Waals surface area contributed by atoms with Gasteiger partial charge in [-0.25, -0.2) is 26.9 Å². The number of piperidine rings is 2. The van der Waals surface area contributed by atoms with Crippen molar-refractivity contribution in [2.45, 2.75) is 80.3 Å². The van der Waals surface area contributed by atoms with E-state index in [9.17, 15) is 17.6 Å². The summed E-state index contributed by atoms with van der Waals surface area (Å²) in [6, 6.07) is 18.1. The summed E-state index contributed by atoms with van der Waals surface area (Å²) in [5.74, 6) is -0.855. The van der Waals surface area contributed by atoms with Crippen LogP contribution in [-0.2, 0) is 15.4 Å². The normalized spacial score (nSPS) is 21.8. The molecule has 3 atom stereocenters. The molecule has 274 valence electrons. The lowest BCUT2D eigenvalue weighted by Gasteiger charge is -2.45. The number of sulfonamides is 1. The molecule has 8 nitrogen and oxygen atoms in total. The van der Waals surface area contributed by atoms with E-state index in [2.05, 4.69) is 45.5 Å². The summed E-state index contributed by atoms with van der Waals surface area (Å²) < 4.78 is 60.3. The summed E-state index contributed by atoms with van der Waals surface area (Å²) in [5, 5.41) is -0.318. The molecule has 0 radical (unpaired) electrons. The van der Waals surface area contributed by atoms with E-state index in [0.717, 1.165) is 78.8 Å². The Morgan fingerprint density at radius 3 is 2.42 bits per heavy atom. The monoisotopic (exact) mass is 747 g/mol. The van der Waals surface area contributed by atoms with Crippen LogP contribution in [-0.4, -0.2) is 71.9 Å². The van der Waals surface area contributed by atoms with Gasteiger partial charge in [0.25, 0.3) is 5.91 Å². The van der Waals surface area contributed by atoms with E-state index in [-0.39, 0.29) is 27.8 Å². The highest BCUT2D eigenvalue weighted by atomic mass is 35.5. The minimum Gasteiger partial charge on any atom is -0.338 e. The van der Waals surface area contributed by atoms with E-state index in [1.54, 1.807) is 17.0 Å². The first-order valence-corrected chi connectivity index (χ1v) is 19.8. The van der Waals surface area contributed by atoms with Crippen molar-refractivity contribution in [1.29, 1.82) is 0 Å². The molecule has 4 aromatic rings. The minimum absolute atomic E-state index is 0.0507. The highest BCUT2D eigenvalue weighted by Crippen LogP contribution is 2.46. The molecule has 1 unspecified atom stereocenters. The first-order valence-electron chi connectivity index (χ1n) is 17.9. The Kier molecular flexibility index (Phi) is 10.2. The van der Waals surface area contributed by atoms with Gasteiger partial charge >= 0.3 is 0 Å². The van der Waals surface area contributed by atoms with Crippen LogP contribution in [0.3, 0.4) is 0 Å². The largest absolute Gasteiger partial charge is 0.338 e. The van der Waals surface area contributed by atoms with Crippen molar-refractivity contribution in [3.05, 3.63) is 114 Å². The summed E-state index contributed by atoms with van der Waals surface area (Å²) in [6.45, 7) is 11.2. The third-order valence-electron chi connectivity index (χ3n) is 11.5. The Bertz CT molecular complexity index is 2130. The van der Waals surface area contributed by atoms with E-state index in [0.29, 0.717) is 44.1 Å². The Morgan fingerprint density at radius 1 is 1.04 bits per heavy atom. The van der Waals surface area contributed by atoms with E-state index in [1.807, 2.05) is 19.1 Å². The van der Waals surface area contributed by atoms with Crippen molar-refractivity contribution in [2.24, 2.45) is 0 Å². The van der Waals surface area contributed by atoms with Crippen molar-refractivity contribution in [3.8, 4) is 0 Å². The van der Waals surface area contributed by atoms with Crippen molar-refractivity contribution in [3.63, 3.8) is 0 Å². The molecule has 0 aliphatic carbocycles. The molecule has 1 amide bonds. The Morgan fingerprint density at radius 2 is 1.75 bits per heavy atom. The second-order valence-corrected chi connectivity index (χ2v) is 16.7. The number of halogens is 3. The van der Waals surface area contributed by atoms with Crippen molar-refractivity contribution >= 4 is 44.1 Å². The third-order valence-corrected chi connectivity index (χ3v) is 13.3. The highest BCUT2D eigenvalue weighted by molar-refractivity contribution is 7.89. The number of imidazole rings is 1. The molecule has 2 bridgehead atoms. The van der Waals surface area contributed by atoms with Crippen LogP contribution in [0.25, 0.3) is 16.6 Å². The van der Waals surface area contributed by atoms with Gasteiger partial charge < -0.3 is 9.47 Å². The molecule has 3 aliphatic rings. The van der Waals surface area contributed by atoms with Gasteiger partial charge in [0, 0.05) is 37.8 Å². The summed E-state index contributed by atoms with van der Waals surface area (Å²) in [6.07, 6.45) is 7.54. The molecule has 1 N–H and O–H groups in total. The molecular weight excluding hydrogens is 704 g/mol. The van der Waals surface area contributed by atoms with E-state index in [4.69, 9.17) is 16.6 Å². The Hall–Kier alpha value is -3.90. The molecular formula is C40H44ClF2N5O3S. The number of carbonyl (C=O) groups excluding carboxylic acids is 1. The SMILES string of the molecule is C=CCNS(=O)(=O)c1cc(C(=O)N2CCC(CCN3[C@@H]4CC[C@H]3CC(n3c(C(=C)C)nc5ccccc53)C4)(c3cccc(F)c3)CC2)c(F)cc1Cl. The van der Waals surface area contributed by atoms with Crippen LogP contribution in [0.2, 0.25) is 5.02 Å². The van der Waals surface area contributed by atoms with Gasteiger partial charge in [0.1, 0.15) is 22.4 Å². The van der Waals surface area contributed by atoms with E-state index < -0.39 is 27.2 Å². The van der Waals surface area contributed by atoms with Crippen LogP contribution < -0.4 is 4.72 Å². The number of rotatable bonds is 11. The Balaban J connectivity index is 1.09. The van der Waals surface area contributed by atoms with Gasteiger partial charge in [-0.15, -0.1) is 6.58 Å². The molecule has 4 heterocycles. The van der Waals surface area contributed by atoms with Gasteiger partial charge in [0.05, 0.1) is 21.6 Å². The first-order chi connectivity index (χ1) is 24.9. The number of nitrogens with one attached hydrogen (secondary N) is 1. The average Bonchev–Trinajstić information content (AvgIpc) is 3.63. The van der Waals surface area contributed by atoms with Crippen molar-refractivity contribution < 1.29 is 22.0 Å². The number of amides is 1. The third kappa shape index (κ3) is 6.84. The zero-order chi connectivity index (χ0) is 36.8. The number of fused-ring (bicyclic) bond motifs is 3. The second kappa shape index (κ2) is 14.5. The van der Waals surface area contributed by atoms with Crippen LogP contribution in [0.4, 0.5) is 8.78 Å². The van der Waals surface area contributed by atoms with Gasteiger partial charge in [-0.1, -0.05) is 48.5 Å². The zero-order valence-electron chi connectivity index (χ0n) is 29.3. The smallest absolute Gasteiger partial charge is 0.256 e. The van der Waals surface area contributed by atoms with Gasteiger partial charge in [-0.3, -0.25) is 9.69 Å². The molecule has 0 spiro atoms. The summed E-state index contributed by atoms with van der Waals surface area (Å²) >= 11 is 6.12. The molecule has 0 saturated carbocycles. The second-order valence-electron chi connectivity index (χ2n) is 14.6. The van der Waals surface area contributed by atoms with E-state index in [1.165, 1.54) is 12.1 Å². The van der Waals surface area contributed by atoms with Crippen molar-refractivity contribution in [2.75, 3.05) is 26.2 Å². The predicted octanol–water partition coefficient (Wildman–Crippen LogP) is 7.90. The molecule has 3 fully saturated rings. The van der Waals surface area contributed by atoms with Crippen LogP contribution in [0, 0.1) is 11.6 Å². The maximum atomic E-state index is 15.2. The number of hydrogen-bond acceptors (Lipinski definition) is 5. The number of carbonyl (C=O) groups is 1. The minimum atomic E-state index is -4.11. The predicted molar refractivity (Wildman–Crippen MR) is 201 cm³/mol. The number of hydrogen-bond donors (Lipinski definition) is 1. The standard InChI is InChI=1S/C40H44ClF2N5O3S/c1-4-17-44-52(50,51)37-24-32(34(43)25-33(37)41)39(49)46-18-14-40(15-19-46,27-8-7-9-28(42)21-27)16-20-47-29-12-13-30(47)23-31(22-29)48-36-11-6-5-10-35(36)45-38(48)26(2)3/h4-11,21,24-25,29-31,44H,1-2,12-20,22-23H2,3H3/t29-,30+,31?. The fourth-order valence-electron chi connectivity index (χ4n) is 8.83. The van der Waals surface area contributed by atoms with Gasteiger partial charge in [-0.05, 0) is 111 Å². The lowest BCUT2D eigenvalue weighted by atomic mass is 9.70. The fraction of sp³-hybridized carbons (Fsp3) is 0.400. The topological polar surface area (TPSA) is 87.5 Å². The van der Waals surface area contributed by atoms with E-state index >= 15 is 4.39 Å². The molecule has 7 rings (SSSR count). The van der Waals surface area contributed by atoms with Crippen LogP contribution in [0.15, 0.2) is 84.8 Å². The average molecular weight is 748 g/mol. The van der Waals surface area contributed by atoms with Crippen molar-refractivity contribution in [1.82, 2.24) is 24.1 Å². The summed E-state index contributed by atoms with van der Waals surface area (Å²) in [5.41, 5.74) is 3.23. The molecule has 12 heteroatoms. The molecule has 52 heavy (non-hydrogen) atoms. The number of allylic oxidation sites excluding steroid dienone is 1. The van der Waals surface area contributed by atoms with Gasteiger partial charge in [0.2, 0.25) is 10.0 Å². The van der Waals surface area contributed by atoms with Gasteiger partial charge in [-0.2, -0.15) is 0 Å². The number of likely N-dealkylation sites (tertiary alicyclic amines) is 1. The number of benzene rings is 3. The summed E-state index contributed by atoms with van der Waals surface area (Å²) in [4.78, 5) is 22.5. The van der Waals surface area contributed by atoms with Crippen LogP contribution >= 0.6 is 11.6 Å². The number of aromatic nitrogens is 2. The van der Waals surface area contributed by atoms with Gasteiger partial charge in [0.15, 0.2) is 0 Å². The molecule has 3 saturated heterocycles. The Labute approximate surface area is 309 Å². The molecule has 3 aliphatic heterocycles. The quantitative estimate of drug-likeness (QED) is 0.158. The fourth-order valence-corrected chi connectivity index (χ4v) is 10.4. The number of para-hydroxylation sites is 2.